The van der Waals surface area contributed by atoms with Crippen LogP contribution in [0.15, 0.2) is 42.5 Å². The van der Waals surface area contributed by atoms with E-state index in [4.69, 9.17) is 4.74 Å². The summed E-state index contributed by atoms with van der Waals surface area (Å²) in [5.74, 6) is -0.689. The van der Waals surface area contributed by atoms with Crippen molar-refractivity contribution >= 4 is 22.6 Å². The van der Waals surface area contributed by atoms with Gasteiger partial charge in [-0.05, 0) is 42.8 Å². The highest BCUT2D eigenvalue weighted by molar-refractivity contribution is 5.90. The summed E-state index contributed by atoms with van der Waals surface area (Å²) < 4.78 is 47.0. The van der Waals surface area contributed by atoms with Gasteiger partial charge in [0, 0.05) is 23.9 Å². The zero-order valence-corrected chi connectivity index (χ0v) is 16.9. The highest BCUT2D eigenvalue weighted by atomic mass is 19.4. The number of methoxy groups -OCH3 is 1. The number of aromatic nitrogens is 2. The molecular weight excluding hydrogens is 395 g/mol. The molecule has 0 saturated heterocycles. The number of alkyl halides is 3. The van der Waals surface area contributed by atoms with E-state index in [1.54, 1.807) is 24.3 Å². The van der Waals surface area contributed by atoms with E-state index in [9.17, 15) is 18.0 Å². The maximum absolute atomic E-state index is 13.6. The lowest BCUT2D eigenvalue weighted by molar-refractivity contribution is -0.145. The van der Waals surface area contributed by atoms with Crippen molar-refractivity contribution < 1.29 is 22.7 Å². The summed E-state index contributed by atoms with van der Waals surface area (Å²) in [5, 5.41) is 2.79. The van der Waals surface area contributed by atoms with Crippen molar-refractivity contribution in [1.29, 1.82) is 0 Å². The Hall–Kier alpha value is -3.03. The van der Waals surface area contributed by atoms with Gasteiger partial charge in [-0.15, -0.1) is 0 Å². The Balaban J connectivity index is 1.86. The minimum Gasteiger partial charge on any atom is -0.497 e. The fourth-order valence-corrected chi connectivity index (χ4v) is 3.27. The minimum atomic E-state index is -4.63. The summed E-state index contributed by atoms with van der Waals surface area (Å²) in [6, 6.07) is 10.9. The minimum absolute atomic E-state index is 0.102. The predicted molar refractivity (Wildman–Crippen MR) is 110 cm³/mol. The van der Waals surface area contributed by atoms with E-state index in [1.165, 1.54) is 25.3 Å². The molecule has 3 aromatic rings. The molecule has 1 amide bonds. The highest BCUT2D eigenvalue weighted by Gasteiger charge is 2.38. The molecule has 0 radical (unpaired) electrons. The second kappa shape index (κ2) is 9.19. The monoisotopic (exact) mass is 419 g/mol. The second-order valence-electron chi connectivity index (χ2n) is 7.03. The number of unbranched alkanes of at least 4 members (excludes halogenated alkanes) is 3. The topological polar surface area (TPSA) is 56.2 Å². The second-order valence-corrected chi connectivity index (χ2v) is 7.03. The molecule has 0 spiro atoms. The van der Waals surface area contributed by atoms with Gasteiger partial charge in [-0.1, -0.05) is 26.2 Å². The van der Waals surface area contributed by atoms with Gasteiger partial charge in [0.15, 0.2) is 0 Å². The van der Waals surface area contributed by atoms with Crippen LogP contribution in [0.2, 0.25) is 0 Å². The number of hydrogen-bond acceptors (Lipinski definition) is 3. The molecule has 0 unspecified atom stereocenters. The van der Waals surface area contributed by atoms with Gasteiger partial charge in [-0.3, -0.25) is 9.36 Å². The van der Waals surface area contributed by atoms with Gasteiger partial charge in [-0.2, -0.15) is 13.2 Å². The first-order valence-electron chi connectivity index (χ1n) is 9.87. The summed E-state index contributed by atoms with van der Waals surface area (Å²) in [5.41, 5.74) is 1.34. The van der Waals surface area contributed by atoms with E-state index in [0.29, 0.717) is 29.1 Å². The third-order valence-corrected chi connectivity index (χ3v) is 4.78. The number of carbonyl (C=O) groups is 1. The Morgan fingerprint density at radius 2 is 1.83 bits per heavy atom. The summed E-state index contributed by atoms with van der Waals surface area (Å²) in [6.07, 6.45) is -0.197. The number of rotatable bonds is 8. The molecule has 30 heavy (non-hydrogen) atoms. The summed E-state index contributed by atoms with van der Waals surface area (Å²) in [4.78, 5) is 15.8. The standard InChI is InChI=1S/C22H24F3N3O2/c1-3-4-5-6-7-20(29)26-15-8-10-16(11-9-15)28-19-13-12-17(30-2)14-18(19)27-21(28)22(23,24)25/h8-14H,3-7H2,1-2H3,(H,26,29). The maximum Gasteiger partial charge on any atom is 0.450 e. The van der Waals surface area contributed by atoms with Gasteiger partial charge in [0.1, 0.15) is 5.75 Å². The lowest BCUT2D eigenvalue weighted by Gasteiger charge is -2.12. The SMILES string of the molecule is CCCCCCC(=O)Nc1ccc(-n2c(C(F)(F)F)nc3cc(OC)ccc32)cc1. The lowest BCUT2D eigenvalue weighted by Crippen LogP contribution is -2.14. The van der Waals surface area contributed by atoms with Crippen LogP contribution in [0.4, 0.5) is 18.9 Å². The fourth-order valence-electron chi connectivity index (χ4n) is 3.27. The van der Waals surface area contributed by atoms with Crippen molar-refractivity contribution in [2.45, 2.75) is 45.2 Å². The summed E-state index contributed by atoms with van der Waals surface area (Å²) in [6.45, 7) is 2.10. The van der Waals surface area contributed by atoms with Crippen molar-refractivity contribution in [2.75, 3.05) is 12.4 Å². The van der Waals surface area contributed by atoms with Crippen molar-refractivity contribution in [3.63, 3.8) is 0 Å². The normalized spacial score (nSPS) is 11.6. The van der Waals surface area contributed by atoms with Gasteiger partial charge in [0.2, 0.25) is 11.7 Å². The average molecular weight is 419 g/mol. The number of amides is 1. The molecular formula is C22H24F3N3O2. The Labute approximate surface area is 172 Å². The van der Waals surface area contributed by atoms with E-state index in [2.05, 4.69) is 17.2 Å². The average Bonchev–Trinajstić information content (AvgIpc) is 3.11. The largest absolute Gasteiger partial charge is 0.497 e. The van der Waals surface area contributed by atoms with Crippen LogP contribution in [0.1, 0.15) is 44.9 Å². The summed E-state index contributed by atoms with van der Waals surface area (Å²) in [7, 11) is 1.44. The number of anilines is 1. The predicted octanol–water partition coefficient (Wildman–Crippen LogP) is 5.96. The molecule has 0 bridgehead atoms. The first-order chi connectivity index (χ1) is 14.3. The number of carbonyl (C=O) groups excluding carboxylic acids is 1. The number of hydrogen-bond donors (Lipinski definition) is 1. The van der Waals surface area contributed by atoms with Crippen LogP contribution in [0, 0.1) is 0 Å². The third kappa shape index (κ3) is 4.93. The van der Waals surface area contributed by atoms with Crippen LogP contribution in [0.25, 0.3) is 16.7 Å². The van der Waals surface area contributed by atoms with Gasteiger partial charge in [0.25, 0.3) is 0 Å². The maximum atomic E-state index is 13.6. The number of halogens is 3. The third-order valence-electron chi connectivity index (χ3n) is 4.78. The number of fused-ring (bicyclic) bond motifs is 1. The van der Waals surface area contributed by atoms with Crippen LogP contribution in [-0.2, 0) is 11.0 Å². The van der Waals surface area contributed by atoms with Crippen LogP contribution in [0.5, 0.6) is 5.75 Å². The van der Waals surface area contributed by atoms with E-state index < -0.39 is 12.0 Å². The molecule has 5 nitrogen and oxygen atoms in total. The number of nitrogens with one attached hydrogen (secondary N) is 1. The molecule has 0 saturated carbocycles. The Morgan fingerprint density at radius 3 is 2.47 bits per heavy atom. The molecule has 0 aliphatic heterocycles. The Bertz CT molecular complexity index is 1010. The number of ether oxygens (including phenoxy) is 1. The smallest absolute Gasteiger partial charge is 0.450 e. The zero-order valence-electron chi connectivity index (χ0n) is 16.9. The van der Waals surface area contributed by atoms with E-state index >= 15 is 0 Å². The van der Waals surface area contributed by atoms with Gasteiger partial charge in [0.05, 0.1) is 18.1 Å². The van der Waals surface area contributed by atoms with E-state index in [0.717, 1.165) is 30.3 Å². The first kappa shape index (κ1) is 21.7. The van der Waals surface area contributed by atoms with Crippen LogP contribution >= 0.6 is 0 Å². The van der Waals surface area contributed by atoms with Crippen molar-refractivity contribution in [3.05, 3.63) is 48.3 Å². The molecule has 1 N–H and O–H groups in total. The molecule has 160 valence electrons. The molecule has 1 aromatic heterocycles. The van der Waals surface area contributed by atoms with E-state index in [-0.39, 0.29) is 11.4 Å². The Morgan fingerprint density at radius 1 is 1.10 bits per heavy atom. The van der Waals surface area contributed by atoms with Gasteiger partial charge >= 0.3 is 6.18 Å². The lowest BCUT2D eigenvalue weighted by atomic mass is 10.1. The van der Waals surface area contributed by atoms with Crippen molar-refractivity contribution in [1.82, 2.24) is 9.55 Å². The molecule has 0 aliphatic rings. The van der Waals surface area contributed by atoms with Gasteiger partial charge < -0.3 is 10.1 Å². The molecule has 1 heterocycles. The Kier molecular flexibility index (Phi) is 6.64. The fraction of sp³-hybridized carbons (Fsp3) is 0.364. The van der Waals surface area contributed by atoms with Crippen LogP contribution in [0.3, 0.4) is 0 Å². The van der Waals surface area contributed by atoms with E-state index in [1.807, 2.05) is 0 Å². The highest BCUT2D eigenvalue weighted by Crippen LogP contribution is 2.35. The van der Waals surface area contributed by atoms with Crippen LogP contribution < -0.4 is 10.1 Å². The van der Waals surface area contributed by atoms with Crippen molar-refractivity contribution in [3.8, 4) is 11.4 Å². The summed E-state index contributed by atoms with van der Waals surface area (Å²) >= 11 is 0. The number of benzene rings is 2. The van der Waals surface area contributed by atoms with Gasteiger partial charge in [-0.25, -0.2) is 4.98 Å². The van der Waals surface area contributed by atoms with Crippen molar-refractivity contribution in [2.24, 2.45) is 0 Å². The molecule has 0 aliphatic carbocycles. The molecule has 8 heteroatoms. The quantitative estimate of drug-likeness (QED) is 0.458. The molecule has 0 fully saturated rings. The molecule has 3 rings (SSSR count). The molecule has 0 atom stereocenters. The zero-order chi connectivity index (χ0) is 21.7. The molecule has 2 aromatic carbocycles. The first-order valence-corrected chi connectivity index (χ1v) is 9.87. The number of imidazole rings is 1. The number of nitrogens with zero attached hydrogens (tertiary/aromatic N) is 2. The van der Waals surface area contributed by atoms with Crippen LogP contribution in [-0.4, -0.2) is 22.6 Å².